The van der Waals surface area contributed by atoms with Crippen LogP contribution in [0.1, 0.15) is 18.4 Å². The van der Waals surface area contributed by atoms with Crippen molar-refractivity contribution in [1.29, 1.82) is 0 Å². The molecule has 9 nitrogen and oxygen atoms in total. The van der Waals surface area contributed by atoms with Crippen LogP contribution < -0.4 is 14.9 Å². The first-order valence-corrected chi connectivity index (χ1v) is 12.6. The van der Waals surface area contributed by atoms with Gasteiger partial charge in [0, 0.05) is 37.1 Å². The van der Waals surface area contributed by atoms with Crippen molar-refractivity contribution in [2.24, 2.45) is 0 Å². The first-order valence-electron chi connectivity index (χ1n) is 11.1. The van der Waals surface area contributed by atoms with Gasteiger partial charge in [-0.1, -0.05) is 54.6 Å². The molecule has 35 heavy (non-hydrogen) atoms. The quantitative estimate of drug-likeness (QED) is 0.346. The molecule has 0 bridgehead atoms. The van der Waals surface area contributed by atoms with E-state index in [1.54, 1.807) is 18.2 Å². The first-order chi connectivity index (χ1) is 16.7. The van der Waals surface area contributed by atoms with Crippen LogP contribution >= 0.6 is 0 Å². The summed E-state index contributed by atoms with van der Waals surface area (Å²) in [6.07, 6.45) is -0.407. The van der Waals surface area contributed by atoms with E-state index in [4.69, 9.17) is 4.74 Å². The van der Waals surface area contributed by atoms with Crippen molar-refractivity contribution < 1.29 is 27.9 Å². The average Bonchev–Trinajstić information content (AvgIpc) is 2.84. The summed E-state index contributed by atoms with van der Waals surface area (Å²) in [6, 6.07) is 18.1. The van der Waals surface area contributed by atoms with Gasteiger partial charge in [0.2, 0.25) is 10.0 Å². The molecule has 0 aliphatic heterocycles. The molecule has 10 heteroatoms. The molecule has 0 aliphatic carbocycles. The molecule has 186 valence electrons. The molecule has 0 heterocycles. The van der Waals surface area contributed by atoms with E-state index in [2.05, 4.69) is 10.0 Å². The number of carboxylic acids is 1. The fraction of sp³-hybridized carbons (Fsp3) is 0.280. The molecule has 3 N–H and O–H groups in total. The zero-order valence-electron chi connectivity index (χ0n) is 19.6. The van der Waals surface area contributed by atoms with Crippen molar-refractivity contribution in [2.45, 2.75) is 30.4 Å². The van der Waals surface area contributed by atoms with Crippen LogP contribution in [-0.2, 0) is 26.2 Å². The molecule has 0 saturated carbocycles. The van der Waals surface area contributed by atoms with E-state index in [1.165, 1.54) is 6.07 Å². The molecule has 0 radical (unpaired) electrons. The number of hydrogen-bond donors (Lipinski definition) is 3. The highest BCUT2D eigenvalue weighted by molar-refractivity contribution is 7.89. The number of carbonyl (C=O) groups excluding carboxylic acids is 1. The number of nitrogens with one attached hydrogen (secondary N) is 2. The van der Waals surface area contributed by atoms with E-state index in [0.717, 1.165) is 16.6 Å². The number of carboxylic acid groups (broad SMARTS) is 1. The minimum Gasteiger partial charge on any atom is -0.480 e. The Labute approximate surface area is 204 Å². The standard InChI is InChI=1S/C25H29N3O6S/c1-28(2)22-14-6-12-20-19(22)11-7-15-23(20)35(32,33)27-21(24(29)30)13-8-16-26-25(31)34-17-18-9-4-3-5-10-18/h3-7,9-12,14-15,21,27H,8,13,16-17H2,1-2H3,(H,26,31)(H,29,30). The van der Waals surface area contributed by atoms with E-state index in [1.807, 2.05) is 61.5 Å². The summed E-state index contributed by atoms with van der Waals surface area (Å²) in [7, 11) is -0.405. The van der Waals surface area contributed by atoms with Crippen LogP contribution in [0.15, 0.2) is 71.6 Å². The third-order valence-electron chi connectivity index (χ3n) is 5.38. The zero-order valence-corrected chi connectivity index (χ0v) is 20.4. The molecular formula is C25H29N3O6S. The Kier molecular flexibility index (Phi) is 8.67. The van der Waals surface area contributed by atoms with Crippen LogP contribution in [0.3, 0.4) is 0 Å². The highest BCUT2D eigenvalue weighted by Crippen LogP contribution is 2.30. The summed E-state index contributed by atoms with van der Waals surface area (Å²) in [5.74, 6) is -1.30. The van der Waals surface area contributed by atoms with Gasteiger partial charge < -0.3 is 20.1 Å². The average molecular weight is 500 g/mol. The highest BCUT2D eigenvalue weighted by Gasteiger charge is 2.26. The molecule has 0 aliphatic rings. The Morgan fingerprint density at radius 3 is 2.34 bits per heavy atom. The number of alkyl carbamates (subject to hydrolysis) is 1. The molecule has 0 fully saturated rings. The molecule has 1 unspecified atom stereocenters. The summed E-state index contributed by atoms with van der Waals surface area (Å²) >= 11 is 0. The molecule has 1 amide bonds. The predicted molar refractivity (Wildman–Crippen MR) is 134 cm³/mol. The molecule has 0 spiro atoms. The van der Waals surface area contributed by atoms with Crippen molar-refractivity contribution in [3.05, 3.63) is 72.3 Å². The Hall–Kier alpha value is -3.63. The number of benzene rings is 3. The Bertz CT molecular complexity index is 1280. The number of amides is 1. The topological polar surface area (TPSA) is 125 Å². The van der Waals surface area contributed by atoms with Gasteiger partial charge in [-0.2, -0.15) is 4.72 Å². The summed E-state index contributed by atoms with van der Waals surface area (Å²) in [6.45, 7) is 0.254. The fourth-order valence-corrected chi connectivity index (χ4v) is 5.09. The van der Waals surface area contributed by atoms with Gasteiger partial charge >= 0.3 is 12.1 Å². The van der Waals surface area contributed by atoms with E-state index < -0.39 is 28.1 Å². The normalized spacial score (nSPS) is 12.2. The number of nitrogens with zero attached hydrogens (tertiary/aromatic N) is 1. The third-order valence-corrected chi connectivity index (χ3v) is 6.91. The minimum atomic E-state index is -4.13. The lowest BCUT2D eigenvalue weighted by Gasteiger charge is -2.18. The van der Waals surface area contributed by atoms with Crippen molar-refractivity contribution in [3.8, 4) is 0 Å². The fourth-order valence-electron chi connectivity index (χ4n) is 3.64. The Morgan fingerprint density at radius 1 is 0.971 bits per heavy atom. The molecule has 3 aromatic carbocycles. The maximum absolute atomic E-state index is 13.1. The second kappa shape index (κ2) is 11.7. The number of ether oxygens (including phenoxy) is 1. The van der Waals surface area contributed by atoms with Crippen molar-refractivity contribution in [1.82, 2.24) is 10.0 Å². The maximum Gasteiger partial charge on any atom is 0.407 e. The molecule has 0 saturated heterocycles. The first kappa shape index (κ1) is 26.0. The van der Waals surface area contributed by atoms with Crippen molar-refractivity contribution >= 4 is 38.5 Å². The van der Waals surface area contributed by atoms with E-state index >= 15 is 0 Å². The van der Waals surface area contributed by atoms with E-state index in [0.29, 0.717) is 5.39 Å². The zero-order chi connectivity index (χ0) is 25.4. The Morgan fingerprint density at radius 2 is 1.66 bits per heavy atom. The molecule has 3 aromatic rings. The summed E-state index contributed by atoms with van der Waals surface area (Å²) < 4.78 is 33.7. The van der Waals surface area contributed by atoms with Crippen molar-refractivity contribution in [2.75, 3.05) is 25.5 Å². The molecule has 0 aromatic heterocycles. The summed E-state index contributed by atoms with van der Waals surface area (Å²) in [5.41, 5.74) is 1.69. The van der Waals surface area contributed by atoms with Gasteiger partial charge in [-0.3, -0.25) is 4.79 Å². The predicted octanol–water partition coefficient (Wildman–Crippen LogP) is 3.34. The highest BCUT2D eigenvalue weighted by atomic mass is 32.2. The largest absolute Gasteiger partial charge is 0.480 e. The van der Waals surface area contributed by atoms with Gasteiger partial charge in [0.1, 0.15) is 12.6 Å². The number of fused-ring (bicyclic) bond motifs is 1. The molecule has 1 atom stereocenters. The van der Waals surface area contributed by atoms with Gasteiger partial charge in [0.25, 0.3) is 0 Å². The number of hydrogen-bond acceptors (Lipinski definition) is 6. The van der Waals surface area contributed by atoms with Crippen LogP contribution in [0, 0.1) is 0 Å². The minimum absolute atomic E-state index is 0.00700. The lowest BCUT2D eigenvalue weighted by Crippen LogP contribution is -2.41. The van der Waals surface area contributed by atoms with E-state index in [-0.39, 0.29) is 30.9 Å². The Balaban J connectivity index is 1.60. The van der Waals surface area contributed by atoms with Crippen LogP contribution in [0.25, 0.3) is 10.8 Å². The van der Waals surface area contributed by atoms with Crippen LogP contribution in [0.5, 0.6) is 0 Å². The monoisotopic (exact) mass is 499 g/mol. The smallest absolute Gasteiger partial charge is 0.407 e. The number of sulfonamides is 1. The second-order valence-corrected chi connectivity index (χ2v) is 9.85. The van der Waals surface area contributed by atoms with Crippen LogP contribution in [0.2, 0.25) is 0 Å². The second-order valence-electron chi connectivity index (χ2n) is 8.17. The SMILES string of the molecule is CN(C)c1cccc2c(S(=O)(=O)NC(CCCNC(=O)OCc3ccccc3)C(=O)O)cccc12. The third kappa shape index (κ3) is 6.93. The number of aliphatic carboxylic acids is 1. The van der Waals surface area contributed by atoms with Crippen LogP contribution in [0.4, 0.5) is 10.5 Å². The number of rotatable bonds is 11. The number of anilines is 1. The summed E-state index contributed by atoms with van der Waals surface area (Å²) in [5, 5.41) is 13.4. The lowest BCUT2D eigenvalue weighted by molar-refractivity contribution is -0.139. The maximum atomic E-state index is 13.1. The van der Waals surface area contributed by atoms with Gasteiger partial charge in [-0.25, -0.2) is 13.2 Å². The van der Waals surface area contributed by atoms with Gasteiger partial charge in [0.15, 0.2) is 0 Å². The van der Waals surface area contributed by atoms with E-state index in [9.17, 15) is 23.1 Å². The van der Waals surface area contributed by atoms with Gasteiger partial charge in [0.05, 0.1) is 4.90 Å². The number of carbonyl (C=O) groups is 2. The van der Waals surface area contributed by atoms with Crippen LogP contribution in [-0.4, -0.2) is 52.3 Å². The van der Waals surface area contributed by atoms with Gasteiger partial charge in [-0.15, -0.1) is 0 Å². The van der Waals surface area contributed by atoms with Crippen molar-refractivity contribution in [3.63, 3.8) is 0 Å². The molecular weight excluding hydrogens is 470 g/mol. The lowest BCUT2D eigenvalue weighted by atomic mass is 10.1. The summed E-state index contributed by atoms with van der Waals surface area (Å²) in [4.78, 5) is 25.5. The van der Waals surface area contributed by atoms with Gasteiger partial charge in [-0.05, 0) is 30.5 Å². The molecule has 3 rings (SSSR count).